The van der Waals surface area contributed by atoms with Crippen molar-refractivity contribution in [2.75, 3.05) is 6.54 Å². The Morgan fingerprint density at radius 1 is 0.712 bits per heavy atom. The molecule has 0 aliphatic carbocycles. The van der Waals surface area contributed by atoms with Gasteiger partial charge in [-0.1, -0.05) is 64.4 Å². The van der Waals surface area contributed by atoms with Gasteiger partial charge in [0.1, 0.15) is 30.5 Å². The Bertz CT molecular complexity index is 1360. The van der Waals surface area contributed by atoms with Crippen LogP contribution in [-0.4, -0.2) is 90.4 Å². The Kier molecular flexibility index (Phi) is 20.4. The van der Waals surface area contributed by atoms with Gasteiger partial charge in [-0.3, -0.25) is 33.6 Å². The number of unbranched alkanes of at least 4 members (excludes halogenated alkanes) is 1. The number of primary amides is 2. The molecule has 17 heteroatoms. The van der Waals surface area contributed by atoms with Crippen LogP contribution in [-0.2, 0) is 44.8 Å². The van der Waals surface area contributed by atoms with E-state index in [1.165, 1.54) is 0 Å². The second-order valence-electron chi connectivity index (χ2n) is 13.2. The fraction of sp³-hybridized carbons (Fsp3) is 0.600. The highest BCUT2D eigenvalue weighted by molar-refractivity contribution is 5.97. The molecular weight excluding hydrogens is 674 g/mol. The van der Waals surface area contributed by atoms with Crippen LogP contribution in [0.25, 0.3) is 0 Å². The van der Waals surface area contributed by atoms with Gasteiger partial charge in [0.2, 0.25) is 41.4 Å². The van der Waals surface area contributed by atoms with Crippen molar-refractivity contribution >= 4 is 47.6 Å². The first-order valence-electron chi connectivity index (χ1n) is 17.6. The number of nitrogens with two attached hydrogens (primary N) is 4. The van der Waals surface area contributed by atoms with E-state index < -0.39 is 89.9 Å². The average molecular weight is 732 g/mol. The summed E-state index contributed by atoms with van der Waals surface area (Å²) < 4.78 is 0. The summed E-state index contributed by atoms with van der Waals surface area (Å²) in [6.07, 6.45) is 1.37. The van der Waals surface area contributed by atoms with Crippen LogP contribution in [0.3, 0.4) is 0 Å². The van der Waals surface area contributed by atoms with Crippen LogP contribution >= 0.6 is 0 Å². The second-order valence-corrected chi connectivity index (χ2v) is 13.2. The van der Waals surface area contributed by atoms with Crippen LogP contribution < -0.4 is 49.5 Å². The summed E-state index contributed by atoms with van der Waals surface area (Å²) in [5.41, 5.74) is 22.8. The lowest BCUT2D eigenvalue weighted by atomic mass is 9.96. The fourth-order valence-corrected chi connectivity index (χ4v) is 5.05. The number of hydrogen-bond acceptors (Lipinski definition) is 10. The van der Waals surface area contributed by atoms with Crippen LogP contribution in [0.2, 0.25) is 0 Å². The molecule has 0 saturated heterocycles. The summed E-state index contributed by atoms with van der Waals surface area (Å²) in [4.78, 5) is 102. The molecule has 7 atom stereocenters. The van der Waals surface area contributed by atoms with Crippen molar-refractivity contribution in [3.05, 3.63) is 35.9 Å². The Balaban J connectivity index is 3.37. The van der Waals surface area contributed by atoms with Gasteiger partial charge in [-0.25, -0.2) is 0 Å². The molecule has 0 saturated carbocycles. The SMILES string of the molecule is CC[C@H](C)[C@H](NC(=O)[C@H](CCC(N)=O)NC(=O)[C@@H](N)C(C)C)C(=O)N[C@@H](Cc1ccccc1)C(=O)N[C@@H](CC(N)=O)C(=O)N[C@H](C=O)CCCCN. The fourth-order valence-electron chi connectivity index (χ4n) is 5.05. The zero-order valence-corrected chi connectivity index (χ0v) is 30.5. The van der Waals surface area contributed by atoms with E-state index in [0.717, 1.165) is 0 Å². The van der Waals surface area contributed by atoms with Gasteiger partial charge in [-0.2, -0.15) is 0 Å². The molecule has 0 radical (unpaired) electrons. The summed E-state index contributed by atoms with van der Waals surface area (Å²) in [7, 11) is 0. The topological polar surface area (TPSA) is 301 Å². The van der Waals surface area contributed by atoms with Crippen LogP contribution in [0.15, 0.2) is 30.3 Å². The number of hydrogen-bond donors (Lipinski definition) is 9. The summed E-state index contributed by atoms with van der Waals surface area (Å²) in [6, 6.07) is 1.54. The second kappa shape index (κ2) is 23.6. The number of carbonyl (C=O) groups is 8. The van der Waals surface area contributed by atoms with E-state index >= 15 is 0 Å². The Morgan fingerprint density at radius 2 is 1.29 bits per heavy atom. The van der Waals surface area contributed by atoms with Gasteiger partial charge >= 0.3 is 0 Å². The van der Waals surface area contributed by atoms with Crippen LogP contribution in [0.4, 0.5) is 0 Å². The molecule has 0 unspecified atom stereocenters. The Labute approximate surface area is 304 Å². The van der Waals surface area contributed by atoms with Gasteiger partial charge in [0.15, 0.2) is 0 Å². The van der Waals surface area contributed by atoms with Gasteiger partial charge < -0.3 is 54.3 Å². The smallest absolute Gasteiger partial charge is 0.243 e. The first-order chi connectivity index (χ1) is 24.5. The standard InChI is InChI=1S/C35H57N9O8/c1-5-21(4)30(44-31(48)24(14-15-27(37)46)41-34(51)29(39)20(2)3)35(52)43-25(17-22-11-7-6-8-12-22)33(50)42-26(18-28(38)47)32(49)40-23(19-45)13-9-10-16-36/h6-8,11-12,19-21,23-26,29-30H,5,9-10,13-18,36,39H2,1-4H3,(H2,37,46)(H2,38,47)(H,40,49)(H,41,51)(H,42,50)(H,43,52)(H,44,48)/t21-,23-,24-,25-,26-,29-,30-/m0/s1. The molecule has 0 spiro atoms. The summed E-state index contributed by atoms with van der Waals surface area (Å²) in [5.74, 6) is -6.17. The molecule has 0 aromatic heterocycles. The third-order valence-corrected chi connectivity index (χ3v) is 8.54. The van der Waals surface area contributed by atoms with Crippen molar-refractivity contribution in [3.8, 4) is 0 Å². The van der Waals surface area contributed by atoms with Crippen molar-refractivity contribution in [3.63, 3.8) is 0 Å². The van der Waals surface area contributed by atoms with Crippen molar-refractivity contribution in [1.82, 2.24) is 26.6 Å². The van der Waals surface area contributed by atoms with E-state index in [2.05, 4.69) is 26.6 Å². The summed E-state index contributed by atoms with van der Waals surface area (Å²) in [6.45, 7) is 7.34. The maximum absolute atomic E-state index is 13.9. The zero-order valence-electron chi connectivity index (χ0n) is 30.5. The first-order valence-corrected chi connectivity index (χ1v) is 17.6. The lowest BCUT2D eigenvalue weighted by molar-refractivity contribution is -0.136. The van der Waals surface area contributed by atoms with E-state index in [-0.39, 0.29) is 31.6 Å². The number of rotatable bonds is 25. The van der Waals surface area contributed by atoms with Gasteiger partial charge in [0, 0.05) is 12.8 Å². The maximum Gasteiger partial charge on any atom is 0.243 e. The number of carbonyl (C=O) groups excluding carboxylic acids is 8. The Morgan fingerprint density at radius 3 is 1.83 bits per heavy atom. The lowest BCUT2D eigenvalue weighted by Gasteiger charge is -2.29. The third-order valence-electron chi connectivity index (χ3n) is 8.54. The molecular formula is C35H57N9O8. The number of amides is 7. The van der Waals surface area contributed by atoms with E-state index in [1.807, 2.05) is 0 Å². The highest BCUT2D eigenvalue weighted by Gasteiger charge is 2.35. The minimum absolute atomic E-state index is 0.0507. The number of nitrogens with one attached hydrogen (secondary N) is 5. The molecule has 1 aromatic rings. The van der Waals surface area contributed by atoms with Crippen LogP contribution in [0.5, 0.6) is 0 Å². The molecule has 0 heterocycles. The van der Waals surface area contributed by atoms with Crippen LogP contribution in [0, 0.1) is 11.8 Å². The number of benzene rings is 1. The molecule has 0 aliphatic heterocycles. The lowest BCUT2D eigenvalue weighted by Crippen LogP contribution is -2.61. The highest BCUT2D eigenvalue weighted by Crippen LogP contribution is 2.12. The van der Waals surface area contributed by atoms with E-state index in [9.17, 15) is 38.4 Å². The molecule has 0 fully saturated rings. The Hall–Kier alpha value is -4.90. The largest absolute Gasteiger partial charge is 0.370 e. The van der Waals surface area contributed by atoms with Crippen molar-refractivity contribution in [2.24, 2.45) is 34.8 Å². The third kappa shape index (κ3) is 16.4. The van der Waals surface area contributed by atoms with E-state index in [4.69, 9.17) is 22.9 Å². The zero-order chi connectivity index (χ0) is 39.4. The molecule has 0 aliphatic rings. The average Bonchev–Trinajstić information content (AvgIpc) is 3.10. The van der Waals surface area contributed by atoms with Crippen LogP contribution in [0.1, 0.15) is 78.2 Å². The molecule has 1 aromatic carbocycles. The van der Waals surface area contributed by atoms with Crippen molar-refractivity contribution in [2.45, 2.75) is 115 Å². The van der Waals surface area contributed by atoms with Gasteiger partial charge in [0.05, 0.1) is 18.5 Å². The quantitative estimate of drug-likeness (QED) is 0.0400. The van der Waals surface area contributed by atoms with Crippen molar-refractivity contribution < 1.29 is 38.4 Å². The normalized spacial score (nSPS) is 15.1. The molecule has 17 nitrogen and oxygen atoms in total. The molecule has 0 bridgehead atoms. The minimum Gasteiger partial charge on any atom is -0.370 e. The molecule has 290 valence electrons. The summed E-state index contributed by atoms with van der Waals surface area (Å²) in [5, 5.41) is 12.9. The molecule has 52 heavy (non-hydrogen) atoms. The van der Waals surface area contributed by atoms with E-state index in [1.54, 1.807) is 58.0 Å². The predicted molar refractivity (Wildman–Crippen MR) is 193 cm³/mol. The van der Waals surface area contributed by atoms with E-state index in [0.29, 0.717) is 37.7 Å². The van der Waals surface area contributed by atoms with Gasteiger partial charge in [-0.05, 0) is 49.6 Å². The summed E-state index contributed by atoms with van der Waals surface area (Å²) >= 11 is 0. The molecule has 7 amide bonds. The van der Waals surface area contributed by atoms with Crippen molar-refractivity contribution in [1.29, 1.82) is 0 Å². The first kappa shape index (κ1) is 45.1. The monoisotopic (exact) mass is 731 g/mol. The maximum atomic E-state index is 13.9. The van der Waals surface area contributed by atoms with Gasteiger partial charge in [0.25, 0.3) is 0 Å². The number of aldehydes is 1. The predicted octanol–water partition coefficient (Wildman–Crippen LogP) is -1.85. The molecule has 13 N–H and O–H groups in total. The highest BCUT2D eigenvalue weighted by atomic mass is 16.2. The minimum atomic E-state index is -1.48. The van der Waals surface area contributed by atoms with Gasteiger partial charge in [-0.15, -0.1) is 0 Å². The molecule has 1 rings (SSSR count).